The fourth-order valence-electron chi connectivity index (χ4n) is 0.719. The minimum Gasteiger partial charge on any atom is -0.357 e. The molecule has 0 aliphatic carbocycles. The molecule has 0 aromatic rings. The maximum Gasteiger partial charge on any atom is 0.151 e. The first-order valence-electron chi connectivity index (χ1n) is 3.48. The quantitative estimate of drug-likeness (QED) is 0.624. The molecule has 1 atom stereocenters. The first-order chi connectivity index (χ1) is 5.31. The predicted molar refractivity (Wildman–Crippen MR) is 56.0 cm³/mol. The van der Waals surface area contributed by atoms with E-state index in [4.69, 9.17) is 17.0 Å². The summed E-state index contributed by atoms with van der Waals surface area (Å²) in [7, 11) is -2.17. The van der Waals surface area contributed by atoms with Crippen molar-refractivity contribution in [2.24, 2.45) is 0 Å². The predicted octanol–water partition coefficient (Wildman–Crippen LogP) is -0.316. The molecule has 0 aliphatic rings. The van der Waals surface area contributed by atoms with Gasteiger partial charge in [0.15, 0.2) is 9.73 Å². The highest BCUT2D eigenvalue weighted by molar-refractivity contribution is 7.90. The third kappa shape index (κ3) is 7.68. The first-order valence-corrected chi connectivity index (χ1v) is 6.09. The van der Waals surface area contributed by atoms with Gasteiger partial charge in [-0.15, -0.1) is 0 Å². The molecule has 0 amide bonds. The van der Waals surface area contributed by atoms with E-state index in [1.54, 1.807) is 13.1 Å². The number of nitrogens with one attached hydrogen (secondary N) is 1. The second-order valence-corrected chi connectivity index (χ2v) is 5.95. The van der Waals surface area contributed by atoms with Crippen LogP contribution in [0.3, 0.4) is 0 Å². The lowest BCUT2D eigenvalue weighted by molar-refractivity contribution is -0.0814. The maximum absolute atomic E-state index is 11.1. The third-order valence-electron chi connectivity index (χ3n) is 1.04. The molecule has 0 aliphatic heterocycles. The highest BCUT2D eigenvalue weighted by Crippen LogP contribution is 1.94. The van der Waals surface area contributed by atoms with E-state index in [1.807, 2.05) is 6.92 Å². The third-order valence-corrected chi connectivity index (χ3v) is 2.18. The maximum atomic E-state index is 11.1. The molecule has 0 saturated carbocycles. The zero-order valence-electron chi connectivity index (χ0n) is 7.59. The fraction of sp³-hybridized carbons (Fsp3) is 0.571. The van der Waals surface area contributed by atoms with E-state index in [0.29, 0.717) is 10.7 Å². The number of thiocarbonyl (C=S) groups is 1. The van der Waals surface area contributed by atoms with E-state index in [2.05, 4.69) is 5.32 Å². The first kappa shape index (κ1) is 11.6. The van der Waals surface area contributed by atoms with E-state index in [-0.39, 0.29) is 0 Å². The Labute approximate surface area is 79.2 Å². The molecule has 0 saturated heterocycles. The highest BCUT2D eigenvalue weighted by Gasteiger charge is 2.02. The van der Waals surface area contributed by atoms with Gasteiger partial charge in [0, 0.05) is 6.20 Å². The molecule has 12 heavy (non-hydrogen) atoms. The molecule has 0 spiro atoms. The van der Waals surface area contributed by atoms with Gasteiger partial charge in [0.05, 0.1) is 17.0 Å². The Bertz CT molecular complexity index is 291. The molecule has 0 heterocycles. The van der Waals surface area contributed by atoms with Crippen molar-refractivity contribution in [2.75, 3.05) is 12.0 Å². The zero-order chi connectivity index (χ0) is 9.78. The lowest BCUT2D eigenvalue weighted by Gasteiger charge is -1.99. The average molecular weight is 207 g/mol. The van der Waals surface area contributed by atoms with E-state index >= 15 is 0 Å². The molecule has 1 unspecified atom stereocenters. The average Bonchev–Trinajstić information content (AvgIpc) is 1.79. The van der Waals surface area contributed by atoms with E-state index in [0.717, 1.165) is 5.57 Å². The second-order valence-electron chi connectivity index (χ2n) is 2.91. The molecule has 0 rings (SSSR count). The Balaban J connectivity index is 4.13. The van der Waals surface area contributed by atoms with Gasteiger partial charge in [-0.05, 0) is 19.4 Å². The van der Waals surface area contributed by atoms with Crippen LogP contribution in [0.5, 0.6) is 0 Å². The van der Waals surface area contributed by atoms with Crippen molar-refractivity contribution in [2.45, 2.75) is 13.8 Å². The van der Waals surface area contributed by atoms with Crippen molar-refractivity contribution in [3.63, 3.8) is 0 Å². The van der Waals surface area contributed by atoms with Gasteiger partial charge in [-0.2, -0.15) is 0 Å². The van der Waals surface area contributed by atoms with Crippen LogP contribution in [0.4, 0.5) is 0 Å². The number of rotatable bonds is 3. The molecule has 5 heteroatoms. The van der Waals surface area contributed by atoms with Gasteiger partial charge < -0.3 is 5.32 Å². The monoisotopic (exact) mass is 207 g/mol. The van der Waals surface area contributed by atoms with Gasteiger partial charge in [-0.3, -0.25) is 0 Å². The topological polar surface area (TPSA) is 54.7 Å². The molecule has 0 radical (unpaired) electrons. The Kier molecular flexibility index (Phi) is 4.41. The van der Waals surface area contributed by atoms with Gasteiger partial charge in [-0.25, -0.2) is 8.99 Å². The summed E-state index contributed by atoms with van der Waals surface area (Å²) in [5, 5.41) is 2.86. The molecular formula is C7H15N2OS2+. The molecule has 70 valence electrons. The Morgan fingerprint density at radius 3 is 2.50 bits per heavy atom. The normalized spacial score (nSPS) is 16.8. The molecule has 0 bridgehead atoms. The Morgan fingerprint density at radius 1 is 1.67 bits per heavy atom. The van der Waals surface area contributed by atoms with Crippen LogP contribution < -0.4 is 10.1 Å². The minimum atomic E-state index is -2.17. The van der Waals surface area contributed by atoms with Gasteiger partial charge in [0.1, 0.15) is 0 Å². The summed E-state index contributed by atoms with van der Waals surface area (Å²) < 4.78 is 16.5. The number of hydrogen-bond acceptors (Lipinski definition) is 2. The van der Waals surface area contributed by atoms with Crippen LogP contribution in [-0.2, 0) is 9.73 Å². The van der Waals surface area contributed by atoms with Crippen molar-refractivity contribution in [1.82, 2.24) is 5.32 Å². The Hall–Kier alpha value is -0.420. The van der Waals surface area contributed by atoms with Crippen LogP contribution in [0, 0.1) is 0 Å². The number of hydrogen-bond donors (Lipinski definition) is 2. The zero-order valence-corrected chi connectivity index (χ0v) is 9.22. The van der Waals surface area contributed by atoms with Crippen LogP contribution in [0.2, 0.25) is 0 Å². The summed E-state index contributed by atoms with van der Waals surface area (Å²) in [6.45, 7) is 3.64. The van der Waals surface area contributed by atoms with E-state index < -0.39 is 9.73 Å². The van der Waals surface area contributed by atoms with Crippen molar-refractivity contribution < 1.29 is 8.99 Å². The summed E-state index contributed by atoms with van der Waals surface area (Å²) in [5.41, 5.74) is 0.939. The summed E-state index contributed by atoms with van der Waals surface area (Å²) >= 11 is 4.80. The molecular weight excluding hydrogens is 192 g/mol. The van der Waals surface area contributed by atoms with Gasteiger partial charge in [0.25, 0.3) is 0 Å². The van der Waals surface area contributed by atoms with Crippen LogP contribution in [0.1, 0.15) is 13.8 Å². The van der Waals surface area contributed by atoms with Gasteiger partial charge in [0.2, 0.25) is 0 Å². The molecule has 0 aromatic carbocycles. The Morgan fingerprint density at radius 2 is 2.17 bits per heavy atom. The van der Waals surface area contributed by atoms with E-state index in [1.165, 1.54) is 6.26 Å². The van der Waals surface area contributed by atoms with Gasteiger partial charge >= 0.3 is 0 Å². The van der Waals surface area contributed by atoms with Crippen molar-refractivity contribution in [3.05, 3.63) is 11.8 Å². The summed E-state index contributed by atoms with van der Waals surface area (Å²) in [6.07, 6.45) is 3.27. The fourth-order valence-corrected chi connectivity index (χ4v) is 1.76. The largest absolute Gasteiger partial charge is 0.357 e. The summed E-state index contributed by atoms with van der Waals surface area (Å²) in [4.78, 5) is 0.689. The SMILES string of the molecule is CC(=S)N/C=C(\C)CS(C)(=[NH2+])=O. The molecule has 3 N–H and O–H groups in total. The van der Waals surface area contributed by atoms with Crippen molar-refractivity contribution >= 4 is 26.9 Å². The standard InChI is InChI=1S/C7H14N2OS2/c1-6(4-9-7(2)11)5-12(3,8)10/h4,8H,5H2,1-3H3,(H,9,11)/p+1/b6-4+. The smallest absolute Gasteiger partial charge is 0.151 e. The summed E-state index contributed by atoms with van der Waals surface area (Å²) in [5.74, 6) is 0.405. The minimum absolute atomic E-state index is 0.405. The highest BCUT2D eigenvalue weighted by atomic mass is 32.2. The number of nitrogens with two attached hydrogens (primary N) is 1. The second kappa shape index (κ2) is 4.57. The molecule has 0 fully saturated rings. The summed E-state index contributed by atoms with van der Waals surface area (Å²) in [6, 6.07) is 0. The molecule has 3 nitrogen and oxygen atoms in total. The van der Waals surface area contributed by atoms with Crippen LogP contribution in [-0.4, -0.2) is 21.2 Å². The van der Waals surface area contributed by atoms with Gasteiger partial charge in [-0.1, -0.05) is 12.2 Å². The van der Waals surface area contributed by atoms with E-state index in [9.17, 15) is 4.21 Å². The van der Waals surface area contributed by atoms with Crippen molar-refractivity contribution in [3.8, 4) is 0 Å². The lowest BCUT2D eigenvalue weighted by Crippen LogP contribution is -2.40. The van der Waals surface area contributed by atoms with Crippen LogP contribution in [0.25, 0.3) is 0 Å². The van der Waals surface area contributed by atoms with Crippen molar-refractivity contribution in [1.29, 1.82) is 0 Å². The van der Waals surface area contributed by atoms with Crippen LogP contribution >= 0.6 is 12.2 Å². The lowest BCUT2D eigenvalue weighted by atomic mass is 10.4. The van der Waals surface area contributed by atoms with Crippen LogP contribution in [0.15, 0.2) is 11.8 Å². The molecule has 0 aromatic heterocycles.